The lowest BCUT2D eigenvalue weighted by Crippen LogP contribution is -2.35. The maximum absolute atomic E-state index is 13.9. The van der Waals surface area contributed by atoms with E-state index in [2.05, 4.69) is 15.7 Å². The lowest BCUT2D eigenvalue weighted by Gasteiger charge is -2.33. The van der Waals surface area contributed by atoms with Crippen LogP contribution in [0.5, 0.6) is 11.5 Å². The molecule has 190 valence electrons. The van der Waals surface area contributed by atoms with Crippen LogP contribution >= 0.6 is 11.6 Å². The minimum Gasteiger partial charge on any atom is -0.454 e. The monoisotopic (exact) mass is 532 g/mol. The van der Waals surface area contributed by atoms with Crippen molar-refractivity contribution in [1.82, 2.24) is 9.78 Å². The van der Waals surface area contributed by atoms with E-state index in [-0.39, 0.29) is 18.3 Å². The molecule has 3 heterocycles. The van der Waals surface area contributed by atoms with Crippen molar-refractivity contribution < 1.29 is 40.6 Å². The number of hydrogen-bond donors (Lipinski definition) is 2. The van der Waals surface area contributed by atoms with Crippen molar-refractivity contribution in [2.45, 2.75) is 30.9 Å². The normalized spacial score (nSPS) is 19.0. The molecule has 1 amide bonds. The summed E-state index contributed by atoms with van der Waals surface area (Å²) in [7, 11) is 0. The van der Waals surface area contributed by atoms with Gasteiger partial charge in [0.15, 0.2) is 23.2 Å². The summed E-state index contributed by atoms with van der Waals surface area (Å²) in [4.78, 5) is 12.7. The molecule has 7 nitrogen and oxygen atoms in total. The van der Waals surface area contributed by atoms with Crippen LogP contribution < -0.4 is 20.1 Å². The van der Waals surface area contributed by atoms with E-state index in [1.807, 2.05) is 0 Å². The van der Waals surface area contributed by atoms with Crippen LogP contribution in [0.15, 0.2) is 42.5 Å². The van der Waals surface area contributed by atoms with Gasteiger partial charge in [0.2, 0.25) is 6.79 Å². The van der Waals surface area contributed by atoms with E-state index in [0.29, 0.717) is 27.8 Å². The highest BCUT2D eigenvalue weighted by Gasteiger charge is 2.47. The van der Waals surface area contributed by atoms with Gasteiger partial charge in [-0.1, -0.05) is 17.7 Å². The number of alkyl halides is 6. The van der Waals surface area contributed by atoms with Crippen LogP contribution in [0.3, 0.4) is 0 Å². The molecule has 1 aromatic heterocycles. The fourth-order valence-electron chi connectivity index (χ4n) is 4.05. The summed E-state index contributed by atoms with van der Waals surface area (Å²) >= 11 is 5.58. The van der Waals surface area contributed by atoms with Gasteiger partial charge in [-0.05, 0) is 35.9 Å². The zero-order valence-corrected chi connectivity index (χ0v) is 18.6. The highest BCUT2D eigenvalue weighted by Crippen LogP contribution is 2.45. The fourth-order valence-corrected chi connectivity index (χ4v) is 4.27. The van der Waals surface area contributed by atoms with E-state index in [1.54, 1.807) is 18.2 Å². The Morgan fingerprint density at radius 1 is 1.06 bits per heavy atom. The Morgan fingerprint density at radius 3 is 2.53 bits per heavy atom. The molecular formula is C22H15ClF6N4O3. The summed E-state index contributed by atoms with van der Waals surface area (Å²) in [6.45, 7) is 0.00534. The molecule has 0 saturated heterocycles. The minimum absolute atomic E-state index is 0.00534. The van der Waals surface area contributed by atoms with Crippen LogP contribution in [0.2, 0.25) is 5.02 Å². The first-order valence-corrected chi connectivity index (χ1v) is 10.8. The molecule has 0 radical (unpaired) electrons. The predicted octanol–water partition coefficient (Wildman–Crippen LogP) is 6.20. The first-order chi connectivity index (χ1) is 16.9. The molecule has 5 rings (SSSR count). The number of halogens is 7. The smallest absolute Gasteiger partial charge is 0.417 e. The molecule has 36 heavy (non-hydrogen) atoms. The Hall–Kier alpha value is -3.61. The topological polar surface area (TPSA) is 77.4 Å². The highest BCUT2D eigenvalue weighted by molar-refractivity contribution is 6.31. The largest absolute Gasteiger partial charge is 0.454 e. The van der Waals surface area contributed by atoms with E-state index >= 15 is 0 Å². The molecule has 2 aliphatic rings. The quantitative estimate of drug-likeness (QED) is 0.393. The lowest BCUT2D eigenvalue weighted by atomic mass is 9.96. The van der Waals surface area contributed by atoms with Crippen LogP contribution in [0.1, 0.15) is 40.1 Å². The van der Waals surface area contributed by atoms with Gasteiger partial charge in [0.1, 0.15) is 5.82 Å². The second-order valence-electron chi connectivity index (χ2n) is 8.11. The molecule has 0 bridgehead atoms. The van der Waals surface area contributed by atoms with Gasteiger partial charge in [-0.25, -0.2) is 4.68 Å². The van der Waals surface area contributed by atoms with Crippen LogP contribution in [0.4, 0.5) is 37.8 Å². The molecule has 2 N–H and O–H groups in total. The average molecular weight is 533 g/mol. The Morgan fingerprint density at radius 2 is 1.81 bits per heavy atom. The number of hydrogen-bond acceptors (Lipinski definition) is 5. The molecule has 2 atom stereocenters. The standard InChI is InChI=1S/C22H15ClF6N4O3/c23-13-3-2-11(6-12(13)21(24,25)26)30-20(34)15-8-19-31-14(7-18(22(27,28)29)33(19)32-15)10-1-4-16-17(5-10)36-9-35-16/h1-6,8,14,18,31H,7,9H2,(H,30,34)/t14-,18+/m0/s1. The molecule has 3 aromatic rings. The number of carbonyl (C=O) groups is 1. The number of nitrogens with one attached hydrogen (secondary N) is 2. The van der Waals surface area contributed by atoms with Crippen molar-refractivity contribution in [3.05, 3.63) is 64.3 Å². The second kappa shape index (κ2) is 8.50. The molecule has 0 spiro atoms. The van der Waals surface area contributed by atoms with Crippen molar-refractivity contribution in [3.8, 4) is 11.5 Å². The van der Waals surface area contributed by atoms with E-state index < -0.39 is 53.0 Å². The average Bonchev–Trinajstić information content (AvgIpc) is 3.44. The number of rotatable bonds is 3. The van der Waals surface area contributed by atoms with Crippen LogP contribution in [0, 0.1) is 0 Å². The van der Waals surface area contributed by atoms with Gasteiger partial charge in [0, 0.05) is 18.2 Å². The van der Waals surface area contributed by atoms with Gasteiger partial charge in [0.25, 0.3) is 5.91 Å². The fraction of sp³-hybridized carbons (Fsp3) is 0.273. The van der Waals surface area contributed by atoms with E-state index in [4.69, 9.17) is 21.1 Å². The summed E-state index contributed by atoms with van der Waals surface area (Å²) < 4.78 is 92.3. The van der Waals surface area contributed by atoms with Crippen molar-refractivity contribution in [1.29, 1.82) is 0 Å². The number of anilines is 2. The molecule has 0 fully saturated rings. The number of nitrogens with zero attached hydrogens (tertiary/aromatic N) is 2. The number of carbonyl (C=O) groups excluding carboxylic acids is 1. The molecule has 2 aromatic carbocycles. The summed E-state index contributed by atoms with van der Waals surface area (Å²) in [6, 6.07) is 5.75. The molecule has 0 unspecified atom stereocenters. The minimum atomic E-state index is -4.76. The van der Waals surface area contributed by atoms with E-state index in [9.17, 15) is 31.1 Å². The maximum atomic E-state index is 13.9. The van der Waals surface area contributed by atoms with Crippen molar-refractivity contribution in [2.24, 2.45) is 0 Å². The zero-order chi connectivity index (χ0) is 25.8. The Bertz CT molecular complexity index is 1340. The molecule has 14 heteroatoms. The third kappa shape index (κ3) is 4.50. The maximum Gasteiger partial charge on any atom is 0.417 e. The summed E-state index contributed by atoms with van der Waals surface area (Å²) in [5.74, 6) is -0.196. The van der Waals surface area contributed by atoms with Gasteiger partial charge in [-0.15, -0.1) is 0 Å². The predicted molar refractivity (Wildman–Crippen MR) is 115 cm³/mol. The first kappa shape index (κ1) is 24.1. The van der Waals surface area contributed by atoms with E-state index in [1.165, 1.54) is 0 Å². The van der Waals surface area contributed by atoms with Crippen LogP contribution in [-0.4, -0.2) is 28.7 Å². The molecular weight excluding hydrogens is 518 g/mol. The first-order valence-electron chi connectivity index (χ1n) is 10.4. The van der Waals surface area contributed by atoms with Gasteiger partial charge in [-0.2, -0.15) is 31.4 Å². The summed E-state index contributed by atoms with van der Waals surface area (Å²) in [5.41, 5.74) is -1.33. The van der Waals surface area contributed by atoms with Gasteiger partial charge >= 0.3 is 12.4 Å². The number of benzene rings is 2. The zero-order valence-electron chi connectivity index (χ0n) is 17.9. The Balaban J connectivity index is 1.43. The van der Waals surface area contributed by atoms with Crippen molar-refractivity contribution in [2.75, 3.05) is 17.4 Å². The second-order valence-corrected chi connectivity index (χ2v) is 8.52. The molecule has 0 aliphatic carbocycles. The molecule has 0 saturated carbocycles. The Labute approximate surface area is 203 Å². The summed E-state index contributed by atoms with van der Waals surface area (Å²) in [6.07, 6.45) is -9.88. The van der Waals surface area contributed by atoms with Crippen molar-refractivity contribution in [3.63, 3.8) is 0 Å². The van der Waals surface area contributed by atoms with E-state index in [0.717, 1.165) is 18.2 Å². The SMILES string of the molecule is O=C(Nc1ccc(Cl)c(C(F)(F)F)c1)c1cc2n(n1)[C@@H](C(F)(F)F)C[C@@H](c1ccc3c(c1)OCO3)N2. The van der Waals surface area contributed by atoms with Crippen molar-refractivity contribution >= 4 is 29.0 Å². The third-order valence-electron chi connectivity index (χ3n) is 5.75. The number of fused-ring (bicyclic) bond motifs is 2. The number of amides is 1. The molecule has 2 aliphatic heterocycles. The lowest BCUT2D eigenvalue weighted by molar-refractivity contribution is -0.173. The summed E-state index contributed by atoms with van der Waals surface area (Å²) in [5, 5.41) is 8.39. The van der Waals surface area contributed by atoms with Crippen LogP contribution in [-0.2, 0) is 6.18 Å². The Kier molecular flexibility index (Phi) is 5.69. The van der Waals surface area contributed by atoms with Crippen LogP contribution in [0.25, 0.3) is 0 Å². The van der Waals surface area contributed by atoms with Gasteiger partial charge in [0.05, 0.1) is 16.6 Å². The third-order valence-corrected chi connectivity index (χ3v) is 6.08. The van der Waals surface area contributed by atoms with Gasteiger partial charge < -0.3 is 20.1 Å². The van der Waals surface area contributed by atoms with Gasteiger partial charge in [-0.3, -0.25) is 4.79 Å². The number of aromatic nitrogens is 2. The number of ether oxygens (including phenoxy) is 2. The highest BCUT2D eigenvalue weighted by atomic mass is 35.5.